The summed E-state index contributed by atoms with van der Waals surface area (Å²) in [5.41, 5.74) is -3.31. The van der Waals surface area contributed by atoms with Crippen LogP contribution in [0.3, 0.4) is 0 Å². The van der Waals surface area contributed by atoms with Gasteiger partial charge in [0.2, 0.25) is 5.60 Å². The van der Waals surface area contributed by atoms with Crippen LogP contribution in [0.5, 0.6) is 0 Å². The van der Waals surface area contributed by atoms with Gasteiger partial charge >= 0.3 is 6.18 Å². The minimum Gasteiger partial charge on any atom is -0.394 e. The van der Waals surface area contributed by atoms with Crippen LogP contribution in [0.1, 0.15) is 6.92 Å². The van der Waals surface area contributed by atoms with E-state index in [0.717, 1.165) is 6.92 Å². The Balaban J connectivity index is 2.99. The zero-order valence-corrected chi connectivity index (χ0v) is 7.32. The molecule has 1 heterocycles. The molecule has 0 aromatic carbocycles. The van der Waals surface area contributed by atoms with Gasteiger partial charge in [0, 0.05) is 0 Å². The number of halogens is 3. The second kappa shape index (κ2) is 3.34. The van der Waals surface area contributed by atoms with Crippen molar-refractivity contribution in [1.29, 1.82) is 0 Å². The molecule has 0 aromatic rings. The Morgan fingerprint density at radius 3 is 2.14 bits per heavy atom. The Hall–Kier alpha value is -0.370. The van der Waals surface area contributed by atoms with Gasteiger partial charge in [-0.2, -0.15) is 13.2 Å². The van der Waals surface area contributed by atoms with E-state index in [-0.39, 0.29) is 0 Å². The van der Waals surface area contributed by atoms with E-state index in [0.29, 0.717) is 0 Å². The Morgan fingerprint density at radius 1 is 1.43 bits per heavy atom. The largest absolute Gasteiger partial charge is 0.422 e. The highest BCUT2D eigenvalue weighted by molar-refractivity contribution is 5.06. The highest BCUT2D eigenvalue weighted by Crippen LogP contribution is 2.43. The van der Waals surface area contributed by atoms with Gasteiger partial charge in [-0.05, 0) is 6.92 Å². The van der Waals surface area contributed by atoms with Gasteiger partial charge in [-0.3, -0.25) is 0 Å². The van der Waals surface area contributed by atoms with Crippen LogP contribution < -0.4 is 0 Å². The third-order valence-electron chi connectivity index (χ3n) is 2.44. The number of rotatable bonds is 1. The summed E-state index contributed by atoms with van der Waals surface area (Å²) in [5, 5.41) is 27.0. The van der Waals surface area contributed by atoms with Crippen molar-refractivity contribution in [2.75, 3.05) is 6.61 Å². The van der Waals surface area contributed by atoms with Crippen molar-refractivity contribution in [3.8, 4) is 0 Å². The molecule has 0 bridgehead atoms. The molecule has 84 valence electrons. The lowest BCUT2D eigenvalue weighted by atomic mass is 9.91. The normalized spacial score (nSPS) is 44.4. The SMILES string of the molecule is C[C@@H]1O[C@H](CO)[C@@H](O)[C@]1(O)C(F)(F)F. The Labute approximate surface area is 77.9 Å². The lowest BCUT2D eigenvalue weighted by Gasteiger charge is -2.31. The van der Waals surface area contributed by atoms with Crippen molar-refractivity contribution in [3.63, 3.8) is 0 Å². The Morgan fingerprint density at radius 2 is 1.93 bits per heavy atom. The lowest BCUT2D eigenvalue weighted by molar-refractivity contribution is -0.291. The molecular formula is C7H11F3O4. The molecule has 1 aliphatic rings. The number of aliphatic hydroxyl groups excluding tert-OH is 2. The highest BCUT2D eigenvalue weighted by atomic mass is 19.4. The second-order valence-corrected chi connectivity index (χ2v) is 3.27. The minimum absolute atomic E-state index is 0.774. The molecule has 0 unspecified atom stereocenters. The third-order valence-corrected chi connectivity index (χ3v) is 2.44. The quantitative estimate of drug-likeness (QED) is 0.548. The predicted octanol–water partition coefficient (Wildman–Crippen LogP) is -0.580. The number of ether oxygens (including phenoxy) is 1. The smallest absolute Gasteiger partial charge is 0.394 e. The van der Waals surface area contributed by atoms with Gasteiger partial charge in [0.1, 0.15) is 12.2 Å². The molecule has 4 atom stereocenters. The molecule has 0 radical (unpaired) electrons. The zero-order valence-electron chi connectivity index (χ0n) is 7.32. The summed E-state index contributed by atoms with van der Waals surface area (Å²) in [6.07, 6.45) is -10.2. The van der Waals surface area contributed by atoms with Gasteiger partial charge in [0.05, 0.1) is 12.7 Å². The summed E-state index contributed by atoms with van der Waals surface area (Å²) in [6.45, 7) is 0.219. The fourth-order valence-electron chi connectivity index (χ4n) is 1.51. The average molecular weight is 216 g/mol. The molecule has 14 heavy (non-hydrogen) atoms. The summed E-state index contributed by atoms with van der Waals surface area (Å²) in [6, 6.07) is 0. The number of aliphatic hydroxyl groups is 3. The van der Waals surface area contributed by atoms with Crippen molar-refractivity contribution in [1.82, 2.24) is 0 Å². The highest BCUT2D eigenvalue weighted by Gasteiger charge is 2.68. The maximum Gasteiger partial charge on any atom is 0.422 e. The molecule has 1 rings (SSSR count). The van der Waals surface area contributed by atoms with Gasteiger partial charge in [0.25, 0.3) is 0 Å². The zero-order chi connectivity index (χ0) is 11.1. The van der Waals surface area contributed by atoms with Crippen molar-refractivity contribution >= 4 is 0 Å². The minimum atomic E-state index is -4.99. The van der Waals surface area contributed by atoms with Crippen LogP contribution in [-0.4, -0.2) is 52.0 Å². The van der Waals surface area contributed by atoms with E-state index in [2.05, 4.69) is 4.74 Å². The molecule has 0 aromatic heterocycles. The molecule has 1 aliphatic heterocycles. The predicted molar refractivity (Wildman–Crippen MR) is 38.4 cm³/mol. The molecule has 4 nitrogen and oxygen atoms in total. The molecular weight excluding hydrogens is 205 g/mol. The van der Waals surface area contributed by atoms with Gasteiger partial charge in [-0.25, -0.2) is 0 Å². The van der Waals surface area contributed by atoms with Gasteiger partial charge in [-0.1, -0.05) is 0 Å². The molecule has 7 heteroatoms. The Kier molecular flexibility index (Phi) is 2.79. The van der Waals surface area contributed by atoms with Crippen molar-refractivity contribution < 1.29 is 33.2 Å². The van der Waals surface area contributed by atoms with E-state index >= 15 is 0 Å². The van der Waals surface area contributed by atoms with Gasteiger partial charge < -0.3 is 20.1 Å². The molecule has 1 fully saturated rings. The van der Waals surface area contributed by atoms with E-state index in [9.17, 15) is 18.3 Å². The monoisotopic (exact) mass is 216 g/mol. The molecule has 0 amide bonds. The van der Waals surface area contributed by atoms with Crippen molar-refractivity contribution in [2.24, 2.45) is 0 Å². The summed E-state index contributed by atoms with van der Waals surface area (Å²) in [7, 11) is 0. The van der Waals surface area contributed by atoms with Gasteiger partial charge in [0.15, 0.2) is 0 Å². The summed E-state index contributed by atoms with van der Waals surface area (Å²) < 4.78 is 41.7. The molecule has 0 saturated carbocycles. The van der Waals surface area contributed by atoms with E-state index in [1.807, 2.05) is 0 Å². The van der Waals surface area contributed by atoms with E-state index in [1.54, 1.807) is 0 Å². The topological polar surface area (TPSA) is 69.9 Å². The molecule has 0 aliphatic carbocycles. The third kappa shape index (κ3) is 1.40. The first-order valence-corrected chi connectivity index (χ1v) is 3.98. The maximum atomic E-state index is 12.4. The van der Waals surface area contributed by atoms with Crippen LogP contribution in [0.25, 0.3) is 0 Å². The van der Waals surface area contributed by atoms with Crippen molar-refractivity contribution in [2.45, 2.75) is 37.0 Å². The fraction of sp³-hybridized carbons (Fsp3) is 1.00. The second-order valence-electron chi connectivity index (χ2n) is 3.27. The first kappa shape index (κ1) is 11.7. The maximum absolute atomic E-state index is 12.4. The van der Waals surface area contributed by atoms with Crippen LogP contribution in [0.4, 0.5) is 13.2 Å². The molecule has 3 N–H and O–H groups in total. The number of alkyl halides is 3. The molecule has 1 saturated heterocycles. The summed E-state index contributed by atoms with van der Waals surface area (Å²) >= 11 is 0. The Bertz CT molecular complexity index is 219. The first-order chi connectivity index (χ1) is 6.25. The van der Waals surface area contributed by atoms with Crippen LogP contribution in [-0.2, 0) is 4.74 Å². The van der Waals surface area contributed by atoms with Crippen LogP contribution in [0.2, 0.25) is 0 Å². The molecule has 0 spiro atoms. The lowest BCUT2D eigenvalue weighted by Crippen LogP contribution is -2.58. The average Bonchev–Trinajstić information content (AvgIpc) is 2.29. The van der Waals surface area contributed by atoms with Crippen LogP contribution >= 0.6 is 0 Å². The number of hydrogen-bond acceptors (Lipinski definition) is 4. The fourth-order valence-corrected chi connectivity index (χ4v) is 1.51. The van der Waals surface area contributed by atoms with Gasteiger partial charge in [-0.15, -0.1) is 0 Å². The number of hydrogen-bond donors (Lipinski definition) is 3. The van der Waals surface area contributed by atoms with Crippen LogP contribution in [0.15, 0.2) is 0 Å². The first-order valence-electron chi connectivity index (χ1n) is 3.98. The summed E-state index contributed by atoms with van der Waals surface area (Å²) in [4.78, 5) is 0. The summed E-state index contributed by atoms with van der Waals surface area (Å²) in [5.74, 6) is 0. The van der Waals surface area contributed by atoms with Crippen LogP contribution in [0, 0.1) is 0 Å². The van der Waals surface area contributed by atoms with E-state index in [4.69, 9.17) is 10.2 Å². The standard InChI is InChI=1S/C7H11F3O4/c1-3-6(13,7(8,9)10)5(12)4(2-11)14-3/h3-5,11-13H,2H2,1H3/t3-,4+,5+,6-/m0/s1. The van der Waals surface area contributed by atoms with E-state index in [1.165, 1.54) is 0 Å². The van der Waals surface area contributed by atoms with E-state index < -0.39 is 36.7 Å². The van der Waals surface area contributed by atoms with Crippen molar-refractivity contribution in [3.05, 3.63) is 0 Å².